The summed E-state index contributed by atoms with van der Waals surface area (Å²) in [5, 5.41) is 20.7. The molecule has 0 heterocycles. The molecule has 3 aromatic rings. The quantitative estimate of drug-likeness (QED) is 0.298. The Balaban J connectivity index is 1.96. The molecule has 0 saturated heterocycles. The number of hydrogen-bond donors (Lipinski definition) is 3. The van der Waals surface area contributed by atoms with E-state index in [0.717, 1.165) is 6.07 Å². The monoisotopic (exact) mass is 473 g/mol. The predicted octanol–water partition coefficient (Wildman–Crippen LogP) is 5.53. The number of aliphatic hydroxyl groups is 1. The number of aliphatic hydroxyl groups excluding tert-OH is 1. The molecular weight excluding hydrogens is 450 g/mol. The lowest BCUT2D eigenvalue weighted by atomic mass is 9.95. The van der Waals surface area contributed by atoms with Crippen molar-refractivity contribution in [3.63, 3.8) is 0 Å². The number of halogens is 4. The molecule has 0 aliphatic carbocycles. The van der Waals surface area contributed by atoms with Crippen LogP contribution < -0.4 is 5.32 Å². The van der Waals surface area contributed by atoms with Crippen LogP contribution in [0.4, 0.5) is 17.6 Å². The fraction of sp³-hybridized carbons (Fsp3) is 0.192. The number of carboxylic acids is 1. The van der Waals surface area contributed by atoms with E-state index in [4.69, 9.17) is 10.2 Å². The number of carbonyl (C=O) groups is 1. The van der Waals surface area contributed by atoms with Gasteiger partial charge in [0.15, 0.2) is 0 Å². The van der Waals surface area contributed by atoms with Crippen molar-refractivity contribution in [3.8, 4) is 11.1 Å². The summed E-state index contributed by atoms with van der Waals surface area (Å²) in [6.45, 7) is 1.08. The summed E-state index contributed by atoms with van der Waals surface area (Å²) >= 11 is 0. The highest BCUT2D eigenvalue weighted by molar-refractivity contribution is 5.78. The van der Waals surface area contributed by atoms with Gasteiger partial charge in [-0.25, -0.2) is 4.39 Å². The molecule has 0 saturated carbocycles. The molecule has 34 heavy (non-hydrogen) atoms. The zero-order valence-corrected chi connectivity index (χ0v) is 18.2. The Morgan fingerprint density at radius 2 is 1.68 bits per heavy atom. The lowest BCUT2D eigenvalue weighted by molar-refractivity contribution is -0.140. The SMILES string of the molecule is Cc1c(/C=C/c2cc(CNC(CO)C(=O)O)ccc2C(F)(F)F)cccc1-c1ccccc1F. The van der Waals surface area contributed by atoms with Gasteiger partial charge >= 0.3 is 12.1 Å². The van der Waals surface area contributed by atoms with Gasteiger partial charge in [-0.3, -0.25) is 10.1 Å². The van der Waals surface area contributed by atoms with E-state index >= 15 is 0 Å². The highest BCUT2D eigenvalue weighted by atomic mass is 19.4. The Hall–Kier alpha value is -3.49. The fourth-order valence-corrected chi connectivity index (χ4v) is 3.57. The van der Waals surface area contributed by atoms with Gasteiger partial charge in [0.05, 0.1) is 12.2 Å². The predicted molar refractivity (Wildman–Crippen MR) is 122 cm³/mol. The van der Waals surface area contributed by atoms with Crippen molar-refractivity contribution >= 4 is 18.1 Å². The average molecular weight is 473 g/mol. The van der Waals surface area contributed by atoms with Gasteiger partial charge < -0.3 is 10.2 Å². The number of aliphatic carboxylic acids is 1. The maximum atomic E-state index is 14.3. The number of alkyl halides is 3. The topological polar surface area (TPSA) is 69.6 Å². The van der Waals surface area contributed by atoms with E-state index < -0.39 is 36.2 Å². The van der Waals surface area contributed by atoms with Crippen LogP contribution in [0.5, 0.6) is 0 Å². The first-order valence-corrected chi connectivity index (χ1v) is 10.4. The van der Waals surface area contributed by atoms with Crippen molar-refractivity contribution in [3.05, 3.63) is 94.3 Å². The molecule has 3 aromatic carbocycles. The average Bonchev–Trinajstić information content (AvgIpc) is 2.78. The van der Waals surface area contributed by atoms with Crippen LogP contribution in [0.3, 0.4) is 0 Å². The van der Waals surface area contributed by atoms with Gasteiger partial charge in [-0.2, -0.15) is 13.2 Å². The summed E-state index contributed by atoms with van der Waals surface area (Å²) in [5.74, 6) is -1.66. The van der Waals surface area contributed by atoms with Crippen LogP contribution in [0.15, 0.2) is 60.7 Å². The van der Waals surface area contributed by atoms with Crippen LogP contribution >= 0.6 is 0 Å². The minimum Gasteiger partial charge on any atom is -0.480 e. The second-order valence-corrected chi connectivity index (χ2v) is 7.71. The van der Waals surface area contributed by atoms with Gasteiger partial charge in [0, 0.05) is 12.1 Å². The summed E-state index contributed by atoms with van der Waals surface area (Å²) in [6.07, 6.45) is -1.72. The van der Waals surface area contributed by atoms with Gasteiger partial charge in [-0.15, -0.1) is 0 Å². The van der Waals surface area contributed by atoms with Crippen LogP contribution in [0, 0.1) is 12.7 Å². The molecule has 0 radical (unpaired) electrons. The van der Waals surface area contributed by atoms with E-state index in [9.17, 15) is 22.4 Å². The molecule has 8 heteroatoms. The van der Waals surface area contributed by atoms with Gasteiger partial charge in [-0.1, -0.05) is 54.6 Å². The zero-order chi connectivity index (χ0) is 24.9. The van der Waals surface area contributed by atoms with Crippen LogP contribution in [0.2, 0.25) is 0 Å². The first kappa shape index (κ1) is 25.1. The van der Waals surface area contributed by atoms with Gasteiger partial charge in [0.2, 0.25) is 0 Å². The Morgan fingerprint density at radius 3 is 2.32 bits per heavy atom. The van der Waals surface area contributed by atoms with E-state index in [-0.39, 0.29) is 12.1 Å². The van der Waals surface area contributed by atoms with Crippen molar-refractivity contribution < 1.29 is 32.6 Å². The lowest BCUT2D eigenvalue weighted by Gasteiger charge is -2.15. The molecule has 0 bridgehead atoms. The molecule has 1 unspecified atom stereocenters. The van der Waals surface area contributed by atoms with Crippen LogP contribution in [-0.2, 0) is 17.5 Å². The molecule has 3 N–H and O–H groups in total. The highest BCUT2D eigenvalue weighted by Gasteiger charge is 2.32. The van der Waals surface area contributed by atoms with E-state index in [1.807, 2.05) is 0 Å². The summed E-state index contributed by atoms with van der Waals surface area (Å²) in [6, 6.07) is 13.7. The molecular formula is C26H23F4NO3. The Bertz CT molecular complexity index is 1200. The standard InChI is InChI=1S/C26H23F4NO3/c1-16-18(5-4-7-20(16)21-6-2-3-8-23(21)27)10-11-19-13-17(9-12-22(19)26(28,29)30)14-31-24(15-32)25(33)34/h2-13,24,31-32H,14-15H2,1H3,(H,33,34)/b11-10+. The molecule has 0 fully saturated rings. The first-order chi connectivity index (χ1) is 16.1. The summed E-state index contributed by atoms with van der Waals surface area (Å²) in [5.41, 5.74) is 1.86. The number of benzene rings is 3. The zero-order valence-electron chi connectivity index (χ0n) is 18.2. The molecule has 0 aliphatic rings. The summed E-state index contributed by atoms with van der Waals surface area (Å²) in [7, 11) is 0. The minimum absolute atomic E-state index is 0.0434. The molecule has 3 rings (SSSR count). The largest absolute Gasteiger partial charge is 0.480 e. The third-order valence-electron chi connectivity index (χ3n) is 5.44. The second kappa shape index (κ2) is 10.6. The van der Waals surface area contributed by atoms with Crippen molar-refractivity contribution in [2.75, 3.05) is 6.61 Å². The summed E-state index contributed by atoms with van der Waals surface area (Å²) in [4.78, 5) is 11.0. The van der Waals surface area contributed by atoms with E-state index in [1.165, 1.54) is 30.4 Å². The number of rotatable bonds is 8. The van der Waals surface area contributed by atoms with E-state index in [0.29, 0.717) is 27.8 Å². The molecule has 178 valence electrons. The Morgan fingerprint density at radius 1 is 1.00 bits per heavy atom. The molecule has 0 amide bonds. The third-order valence-corrected chi connectivity index (χ3v) is 5.44. The third kappa shape index (κ3) is 5.89. The van der Waals surface area contributed by atoms with Crippen molar-refractivity contribution in [1.82, 2.24) is 5.32 Å². The van der Waals surface area contributed by atoms with Crippen LogP contribution in [0.1, 0.15) is 27.8 Å². The second-order valence-electron chi connectivity index (χ2n) is 7.71. The van der Waals surface area contributed by atoms with Crippen LogP contribution in [0.25, 0.3) is 23.3 Å². The Kier molecular flexibility index (Phi) is 7.86. The van der Waals surface area contributed by atoms with Crippen molar-refractivity contribution in [1.29, 1.82) is 0 Å². The van der Waals surface area contributed by atoms with Gasteiger partial charge in [0.1, 0.15) is 11.9 Å². The number of hydrogen-bond acceptors (Lipinski definition) is 3. The smallest absolute Gasteiger partial charge is 0.416 e. The van der Waals surface area contributed by atoms with Gasteiger partial charge in [0.25, 0.3) is 0 Å². The van der Waals surface area contributed by atoms with Crippen molar-refractivity contribution in [2.24, 2.45) is 0 Å². The van der Waals surface area contributed by atoms with Crippen LogP contribution in [-0.4, -0.2) is 28.8 Å². The minimum atomic E-state index is -4.59. The maximum Gasteiger partial charge on any atom is 0.416 e. The lowest BCUT2D eigenvalue weighted by Crippen LogP contribution is -2.39. The molecule has 0 spiro atoms. The van der Waals surface area contributed by atoms with E-state index in [2.05, 4.69) is 5.32 Å². The molecule has 0 aliphatic heterocycles. The molecule has 1 atom stereocenters. The normalized spacial score (nSPS) is 12.8. The number of carboxylic acid groups (broad SMARTS) is 1. The first-order valence-electron chi connectivity index (χ1n) is 10.4. The van der Waals surface area contributed by atoms with E-state index in [1.54, 1.807) is 43.3 Å². The fourth-order valence-electron chi connectivity index (χ4n) is 3.57. The maximum absolute atomic E-state index is 14.3. The van der Waals surface area contributed by atoms with Gasteiger partial charge in [-0.05, 0) is 52.9 Å². The molecule has 4 nitrogen and oxygen atoms in total. The van der Waals surface area contributed by atoms with Crippen molar-refractivity contribution in [2.45, 2.75) is 25.7 Å². The highest BCUT2D eigenvalue weighted by Crippen LogP contribution is 2.34. The molecule has 0 aromatic heterocycles. The number of nitrogens with one attached hydrogen (secondary N) is 1. The summed E-state index contributed by atoms with van der Waals surface area (Å²) < 4.78 is 55.0. The Labute approximate surface area is 194 Å².